The number of nitrogens with zero attached hydrogens (tertiary/aromatic N) is 3. The van der Waals surface area contributed by atoms with Crippen molar-refractivity contribution < 1.29 is 13.2 Å². The number of pyridine rings is 1. The number of likely N-dealkylation sites (N-methyl/N-ethyl adjacent to an activating group) is 1. The van der Waals surface area contributed by atoms with Crippen LogP contribution in [0.4, 0.5) is 16.2 Å². The first-order valence-corrected chi connectivity index (χ1v) is 11.7. The summed E-state index contributed by atoms with van der Waals surface area (Å²) in [6.45, 7) is 7.08. The summed E-state index contributed by atoms with van der Waals surface area (Å²) in [4.78, 5) is 18.6. The maximum atomic E-state index is 13.1. The predicted octanol–water partition coefficient (Wildman–Crippen LogP) is 3.22. The molecule has 8 nitrogen and oxygen atoms in total. The fourth-order valence-electron chi connectivity index (χ4n) is 3.77. The molecule has 1 aromatic carbocycles. The summed E-state index contributed by atoms with van der Waals surface area (Å²) < 4.78 is 27.8. The lowest BCUT2D eigenvalue weighted by molar-refractivity contribution is 0.147. The smallest absolute Gasteiger partial charge is 0.308 e. The molecular weight excluding hydrogens is 402 g/mol. The first-order chi connectivity index (χ1) is 14.4. The lowest BCUT2D eigenvalue weighted by atomic mass is 10.1. The number of benzene rings is 1. The van der Waals surface area contributed by atoms with E-state index < -0.39 is 16.1 Å². The van der Waals surface area contributed by atoms with Gasteiger partial charge < -0.3 is 10.6 Å². The quantitative estimate of drug-likeness (QED) is 0.702. The minimum absolute atomic E-state index is 0.237. The molecule has 1 aliphatic rings. The van der Waals surface area contributed by atoms with Gasteiger partial charge in [0.25, 0.3) is 0 Å². The van der Waals surface area contributed by atoms with Crippen LogP contribution in [0.2, 0.25) is 0 Å². The lowest BCUT2D eigenvalue weighted by Gasteiger charge is -2.37. The van der Waals surface area contributed by atoms with Crippen molar-refractivity contribution in [3.63, 3.8) is 0 Å². The Hall–Kier alpha value is -2.49. The molecule has 0 radical (unpaired) electrons. The van der Waals surface area contributed by atoms with Gasteiger partial charge in [0.05, 0.1) is 16.8 Å². The van der Waals surface area contributed by atoms with E-state index in [0.29, 0.717) is 24.5 Å². The summed E-state index contributed by atoms with van der Waals surface area (Å²) in [6.07, 6.45) is 5.03. The summed E-state index contributed by atoms with van der Waals surface area (Å²) in [5.74, 6) is 0. The van der Waals surface area contributed by atoms with E-state index in [4.69, 9.17) is 0 Å². The van der Waals surface area contributed by atoms with Crippen molar-refractivity contribution in [1.82, 2.24) is 14.2 Å². The van der Waals surface area contributed by atoms with Crippen LogP contribution in [0.15, 0.2) is 53.7 Å². The molecule has 162 valence electrons. The molecule has 2 aromatic rings. The molecule has 0 unspecified atom stereocenters. The monoisotopic (exact) mass is 431 g/mol. The van der Waals surface area contributed by atoms with E-state index in [1.807, 2.05) is 0 Å². The lowest BCUT2D eigenvalue weighted by Crippen LogP contribution is -2.49. The zero-order chi connectivity index (χ0) is 21.6. The van der Waals surface area contributed by atoms with Crippen molar-refractivity contribution >= 4 is 27.4 Å². The van der Waals surface area contributed by atoms with Gasteiger partial charge in [-0.05, 0) is 62.3 Å². The second kappa shape index (κ2) is 10.0. The van der Waals surface area contributed by atoms with Gasteiger partial charge in [-0.25, -0.2) is 13.2 Å². The molecule has 30 heavy (non-hydrogen) atoms. The molecule has 3 rings (SSSR count). The Balaban J connectivity index is 1.65. The number of urea groups is 1. The molecule has 1 atom stereocenters. The third-order valence-electron chi connectivity index (χ3n) is 5.36. The molecule has 1 aromatic heterocycles. The minimum atomic E-state index is -3.57. The number of sulfonamides is 1. The van der Waals surface area contributed by atoms with Crippen molar-refractivity contribution in [1.29, 1.82) is 0 Å². The zero-order valence-corrected chi connectivity index (χ0v) is 18.2. The molecule has 0 spiro atoms. The van der Waals surface area contributed by atoms with Crippen molar-refractivity contribution in [3.8, 4) is 0 Å². The number of piperidine rings is 1. The molecule has 2 N–H and O–H groups in total. The van der Waals surface area contributed by atoms with Crippen LogP contribution in [0, 0.1) is 0 Å². The van der Waals surface area contributed by atoms with Crippen molar-refractivity contribution in [2.45, 2.75) is 37.6 Å². The van der Waals surface area contributed by atoms with Gasteiger partial charge in [-0.15, -0.1) is 0 Å². The van der Waals surface area contributed by atoms with E-state index in [0.717, 1.165) is 25.9 Å². The van der Waals surface area contributed by atoms with Gasteiger partial charge in [0.1, 0.15) is 0 Å². The summed E-state index contributed by atoms with van der Waals surface area (Å²) in [5, 5.41) is 5.36. The Morgan fingerprint density at radius 1 is 1.13 bits per heavy atom. The summed E-state index contributed by atoms with van der Waals surface area (Å²) in [5.41, 5.74) is 1.08. The Morgan fingerprint density at radius 3 is 2.47 bits per heavy atom. The molecule has 0 bridgehead atoms. The van der Waals surface area contributed by atoms with Crippen LogP contribution in [-0.2, 0) is 10.0 Å². The second-order valence-corrected chi connectivity index (χ2v) is 9.16. The molecule has 9 heteroatoms. The van der Waals surface area contributed by atoms with Crippen molar-refractivity contribution in [2.24, 2.45) is 0 Å². The third-order valence-corrected chi connectivity index (χ3v) is 7.24. The standard InChI is InChI=1S/C21H29N5O3S/c1-3-25(4-2)19-8-6-14-26(16-19)30(28,29)20-11-9-17(10-12-20)23-21(27)24-18-7-5-13-22-15-18/h5,7,9-13,15,19H,3-4,6,8,14,16H2,1-2H3,(H2,23,24,27)/t19-/m0/s1. The average molecular weight is 432 g/mol. The zero-order valence-electron chi connectivity index (χ0n) is 17.4. The van der Waals surface area contributed by atoms with E-state index in [2.05, 4.69) is 34.4 Å². The van der Waals surface area contributed by atoms with Crippen molar-refractivity contribution in [3.05, 3.63) is 48.8 Å². The van der Waals surface area contributed by atoms with Crippen LogP contribution in [0.5, 0.6) is 0 Å². The van der Waals surface area contributed by atoms with Crippen LogP contribution in [0.3, 0.4) is 0 Å². The number of aromatic nitrogens is 1. The molecule has 0 saturated carbocycles. The number of rotatable bonds is 7. The van der Waals surface area contributed by atoms with Gasteiger partial charge in [-0.3, -0.25) is 9.88 Å². The normalized spacial score (nSPS) is 17.6. The SMILES string of the molecule is CCN(CC)[C@H]1CCCN(S(=O)(=O)c2ccc(NC(=O)Nc3cccnc3)cc2)C1. The fourth-order valence-corrected chi connectivity index (χ4v) is 5.28. The van der Waals surface area contributed by atoms with Crippen LogP contribution < -0.4 is 10.6 Å². The van der Waals surface area contributed by atoms with Gasteiger partial charge in [0.15, 0.2) is 0 Å². The molecule has 2 heterocycles. The number of carbonyl (C=O) groups excluding carboxylic acids is 1. The summed E-state index contributed by atoms with van der Waals surface area (Å²) in [7, 11) is -3.57. The Morgan fingerprint density at radius 2 is 1.83 bits per heavy atom. The van der Waals surface area contributed by atoms with Gasteiger partial charge in [-0.1, -0.05) is 13.8 Å². The van der Waals surface area contributed by atoms with E-state index >= 15 is 0 Å². The maximum Gasteiger partial charge on any atom is 0.323 e. The van der Waals surface area contributed by atoms with Crippen LogP contribution in [-0.4, -0.2) is 60.9 Å². The molecule has 1 aliphatic heterocycles. The first-order valence-electron chi connectivity index (χ1n) is 10.3. The number of carbonyl (C=O) groups is 1. The Kier molecular flexibility index (Phi) is 7.41. The molecule has 0 aliphatic carbocycles. The molecule has 1 fully saturated rings. The predicted molar refractivity (Wildman–Crippen MR) is 118 cm³/mol. The van der Waals surface area contributed by atoms with E-state index in [9.17, 15) is 13.2 Å². The van der Waals surface area contributed by atoms with E-state index in [-0.39, 0.29) is 10.9 Å². The van der Waals surface area contributed by atoms with Crippen LogP contribution in [0.1, 0.15) is 26.7 Å². The van der Waals surface area contributed by atoms with Gasteiger partial charge in [-0.2, -0.15) is 4.31 Å². The van der Waals surface area contributed by atoms with E-state index in [1.54, 1.807) is 41.0 Å². The van der Waals surface area contributed by atoms with Crippen molar-refractivity contribution in [2.75, 3.05) is 36.8 Å². The highest BCUT2D eigenvalue weighted by molar-refractivity contribution is 7.89. The maximum absolute atomic E-state index is 13.1. The van der Waals surface area contributed by atoms with Gasteiger partial charge >= 0.3 is 6.03 Å². The van der Waals surface area contributed by atoms with Crippen LogP contribution in [0.25, 0.3) is 0 Å². The molecular formula is C21H29N5O3S. The molecule has 1 saturated heterocycles. The highest BCUT2D eigenvalue weighted by Gasteiger charge is 2.32. The largest absolute Gasteiger partial charge is 0.323 e. The van der Waals surface area contributed by atoms with Crippen LogP contribution >= 0.6 is 0 Å². The summed E-state index contributed by atoms with van der Waals surface area (Å²) in [6, 6.07) is 9.56. The molecule has 2 amide bonds. The number of hydrogen-bond acceptors (Lipinski definition) is 5. The Labute approximate surface area is 178 Å². The van der Waals surface area contributed by atoms with E-state index in [1.165, 1.54) is 12.1 Å². The second-order valence-electron chi connectivity index (χ2n) is 7.23. The highest BCUT2D eigenvalue weighted by Crippen LogP contribution is 2.24. The average Bonchev–Trinajstić information content (AvgIpc) is 2.76. The number of amides is 2. The fraction of sp³-hybridized carbons (Fsp3) is 0.429. The first kappa shape index (κ1) is 22.2. The minimum Gasteiger partial charge on any atom is -0.308 e. The van der Waals surface area contributed by atoms with Gasteiger partial charge in [0, 0.05) is 31.0 Å². The third kappa shape index (κ3) is 5.35. The number of nitrogens with one attached hydrogen (secondary N) is 2. The summed E-state index contributed by atoms with van der Waals surface area (Å²) >= 11 is 0. The highest BCUT2D eigenvalue weighted by atomic mass is 32.2. The topological polar surface area (TPSA) is 94.6 Å². The number of anilines is 2. The number of hydrogen-bond donors (Lipinski definition) is 2. The van der Waals surface area contributed by atoms with Gasteiger partial charge in [0.2, 0.25) is 10.0 Å². The Bertz CT molecular complexity index is 931.